The van der Waals surface area contributed by atoms with Gasteiger partial charge in [-0.3, -0.25) is 0 Å². The molecule has 0 radical (unpaired) electrons. The maximum Gasteiger partial charge on any atom is 0.245 e. The maximum absolute atomic E-state index is 12.6. The van der Waals surface area contributed by atoms with E-state index in [4.69, 9.17) is 6.42 Å². The molecule has 4 nitrogen and oxygen atoms in total. The summed E-state index contributed by atoms with van der Waals surface area (Å²) in [5.41, 5.74) is 0. The van der Waals surface area contributed by atoms with E-state index >= 15 is 0 Å². The Kier molecular flexibility index (Phi) is 6.01. The van der Waals surface area contributed by atoms with E-state index < -0.39 is 10.0 Å². The number of sulfonamides is 1. The van der Waals surface area contributed by atoms with Crippen molar-refractivity contribution in [2.75, 3.05) is 20.1 Å². The Hall–Kier alpha value is -0.870. The Balaban J connectivity index is 3.14. The summed E-state index contributed by atoms with van der Waals surface area (Å²) >= 11 is 1.50. The van der Waals surface area contributed by atoms with Gasteiger partial charge in [-0.05, 0) is 26.5 Å². The fourth-order valence-corrected chi connectivity index (χ4v) is 4.88. The second-order valence-electron chi connectivity index (χ2n) is 4.21. The molecule has 0 amide bonds. The van der Waals surface area contributed by atoms with Crippen LogP contribution in [0.1, 0.15) is 23.1 Å². The number of terminal acetylenes is 1. The van der Waals surface area contributed by atoms with Crippen LogP contribution in [0.2, 0.25) is 0 Å². The number of aryl methyl sites for hydroxylation is 1. The largest absolute Gasteiger partial charge is 0.315 e. The highest BCUT2D eigenvalue weighted by atomic mass is 32.2. The predicted octanol–water partition coefficient (Wildman–Crippen LogP) is 1.81. The molecule has 0 saturated carbocycles. The van der Waals surface area contributed by atoms with Gasteiger partial charge in [0.05, 0.1) is 11.4 Å². The van der Waals surface area contributed by atoms with Crippen molar-refractivity contribution in [1.82, 2.24) is 9.62 Å². The Bertz CT molecular complexity index is 556. The summed E-state index contributed by atoms with van der Waals surface area (Å²) in [6, 6.07) is 1.74. The van der Waals surface area contributed by atoms with Crippen molar-refractivity contribution < 1.29 is 8.42 Å². The highest BCUT2D eigenvalue weighted by Crippen LogP contribution is 2.28. The third-order valence-electron chi connectivity index (χ3n) is 2.63. The van der Waals surface area contributed by atoms with Crippen LogP contribution in [0.5, 0.6) is 0 Å². The van der Waals surface area contributed by atoms with Crippen LogP contribution in [0.15, 0.2) is 11.0 Å². The van der Waals surface area contributed by atoms with Crippen molar-refractivity contribution in [3.63, 3.8) is 0 Å². The van der Waals surface area contributed by atoms with E-state index in [1.807, 2.05) is 20.9 Å². The fourth-order valence-electron chi connectivity index (χ4n) is 1.82. The maximum atomic E-state index is 12.6. The average Bonchev–Trinajstić information content (AvgIpc) is 2.71. The third-order valence-corrected chi connectivity index (χ3v) is 5.78. The Morgan fingerprint density at radius 1 is 1.53 bits per heavy atom. The second-order valence-corrected chi connectivity index (χ2v) is 7.45. The lowest BCUT2D eigenvalue weighted by molar-refractivity contribution is 0.445. The molecule has 0 unspecified atom stereocenters. The van der Waals surface area contributed by atoms with E-state index in [9.17, 15) is 8.42 Å². The van der Waals surface area contributed by atoms with Gasteiger partial charge in [-0.25, -0.2) is 8.42 Å². The third kappa shape index (κ3) is 3.80. The standard InChI is InChI=1S/C13H20N2O2S2/c1-5-7-15(8-6-2)19(16,17)13-9-12(10-14-4)18-11(13)3/h1,9,14H,6-8,10H2,2-4H3. The molecule has 19 heavy (non-hydrogen) atoms. The van der Waals surface area contributed by atoms with Gasteiger partial charge in [0.15, 0.2) is 0 Å². The molecule has 0 saturated heterocycles. The van der Waals surface area contributed by atoms with Gasteiger partial charge in [-0.2, -0.15) is 4.31 Å². The summed E-state index contributed by atoms with van der Waals surface area (Å²) in [4.78, 5) is 2.20. The first-order valence-electron chi connectivity index (χ1n) is 6.14. The van der Waals surface area contributed by atoms with Crippen molar-refractivity contribution in [1.29, 1.82) is 0 Å². The monoisotopic (exact) mass is 300 g/mol. The number of nitrogens with one attached hydrogen (secondary N) is 1. The first kappa shape index (κ1) is 16.2. The van der Waals surface area contributed by atoms with Crippen LogP contribution in [-0.2, 0) is 16.6 Å². The molecule has 0 bridgehead atoms. The van der Waals surface area contributed by atoms with Crippen LogP contribution < -0.4 is 5.32 Å². The number of rotatable bonds is 7. The fraction of sp³-hybridized carbons (Fsp3) is 0.538. The predicted molar refractivity (Wildman–Crippen MR) is 79.7 cm³/mol. The minimum absolute atomic E-state index is 0.118. The molecule has 1 heterocycles. The van der Waals surface area contributed by atoms with Crippen molar-refractivity contribution in [2.24, 2.45) is 0 Å². The Morgan fingerprint density at radius 3 is 2.74 bits per heavy atom. The van der Waals surface area contributed by atoms with Crippen molar-refractivity contribution in [3.8, 4) is 12.3 Å². The molecule has 0 atom stereocenters. The minimum atomic E-state index is -3.48. The van der Waals surface area contributed by atoms with Crippen LogP contribution in [0, 0.1) is 19.3 Å². The van der Waals surface area contributed by atoms with E-state index in [2.05, 4.69) is 11.2 Å². The van der Waals surface area contributed by atoms with Crippen LogP contribution in [0.4, 0.5) is 0 Å². The Labute approximate surface area is 119 Å². The second kappa shape index (κ2) is 7.06. The van der Waals surface area contributed by atoms with Crippen LogP contribution >= 0.6 is 11.3 Å². The molecule has 0 spiro atoms. The summed E-state index contributed by atoms with van der Waals surface area (Å²) in [7, 11) is -1.64. The smallest absolute Gasteiger partial charge is 0.245 e. The molecule has 1 aromatic heterocycles. The molecule has 1 N–H and O–H groups in total. The van der Waals surface area contributed by atoms with Crippen molar-refractivity contribution >= 4 is 21.4 Å². The molecule has 1 aromatic rings. The first-order chi connectivity index (χ1) is 8.97. The van der Waals surface area contributed by atoms with Gasteiger partial charge < -0.3 is 5.32 Å². The first-order valence-corrected chi connectivity index (χ1v) is 8.40. The van der Waals surface area contributed by atoms with Crippen molar-refractivity contribution in [2.45, 2.75) is 31.7 Å². The zero-order chi connectivity index (χ0) is 14.5. The minimum Gasteiger partial charge on any atom is -0.315 e. The molecule has 0 aromatic carbocycles. The molecule has 6 heteroatoms. The van der Waals surface area contributed by atoms with Crippen molar-refractivity contribution in [3.05, 3.63) is 15.8 Å². The van der Waals surface area contributed by atoms with Crippen LogP contribution in [-0.4, -0.2) is 32.9 Å². The summed E-state index contributed by atoms with van der Waals surface area (Å²) < 4.78 is 26.5. The molecule has 0 fully saturated rings. The van der Waals surface area contributed by atoms with E-state index in [0.29, 0.717) is 18.0 Å². The number of hydrogen-bond acceptors (Lipinski definition) is 4. The zero-order valence-corrected chi connectivity index (χ0v) is 13.2. The lowest BCUT2D eigenvalue weighted by atomic mass is 10.4. The highest BCUT2D eigenvalue weighted by molar-refractivity contribution is 7.89. The normalized spacial score (nSPS) is 11.7. The number of nitrogens with zero attached hydrogens (tertiary/aromatic N) is 1. The van der Waals surface area contributed by atoms with Gasteiger partial charge in [0.1, 0.15) is 0 Å². The van der Waals surface area contributed by atoms with Crippen LogP contribution in [0.3, 0.4) is 0 Å². The van der Waals surface area contributed by atoms with E-state index in [-0.39, 0.29) is 6.54 Å². The lowest BCUT2D eigenvalue weighted by Crippen LogP contribution is -2.32. The molecular formula is C13H20N2O2S2. The Morgan fingerprint density at radius 2 is 2.21 bits per heavy atom. The SMILES string of the molecule is C#CCN(CCC)S(=O)(=O)c1cc(CNC)sc1C. The summed E-state index contributed by atoms with van der Waals surface area (Å²) in [5, 5.41) is 3.03. The molecule has 106 valence electrons. The van der Waals surface area contributed by atoms with Gasteiger partial charge in [-0.15, -0.1) is 17.8 Å². The quantitative estimate of drug-likeness (QED) is 0.781. The van der Waals surface area contributed by atoms with Gasteiger partial charge in [0.25, 0.3) is 0 Å². The number of thiophene rings is 1. The summed E-state index contributed by atoms with van der Waals surface area (Å²) in [6.07, 6.45) is 6.01. The zero-order valence-electron chi connectivity index (χ0n) is 11.6. The number of hydrogen-bond donors (Lipinski definition) is 1. The highest BCUT2D eigenvalue weighted by Gasteiger charge is 2.26. The molecule has 0 aliphatic carbocycles. The van der Waals surface area contributed by atoms with Gasteiger partial charge in [-0.1, -0.05) is 12.8 Å². The van der Waals surface area contributed by atoms with Crippen LogP contribution in [0.25, 0.3) is 0 Å². The van der Waals surface area contributed by atoms with Gasteiger partial charge in [0, 0.05) is 22.8 Å². The topological polar surface area (TPSA) is 49.4 Å². The molecule has 0 aliphatic rings. The van der Waals surface area contributed by atoms with E-state index in [1.54, 1.807) is 6.07 Å². The summed E-state index contributed by atoms with van der Waals surface area (Å²) in [6.45, 7) is 5.00. The van der Waals surface area contributed by atoms with E-state index in [1.165, 1.54) is 15.6 Å². The molecule has 1 rings (SSSR count). The summed E-state index contributed by atoms with van der Waals surface area (Å²) in [5.74, 6) is 2.42. The molecular weight excluding hydrogens is 280 g/mol. The van der Waals surface area contributed by atoms with Gasteiger partial charge in [0.2, 0.25) is 10.0 Å². The van der Waals surface area contributed by atoms with Gasteiger partial charge >= 0.3 is 0 Å². The lowest BCUT2D eigenvalue weighted by Gasteiger charge is -2.18. The molecule has 0 aliphatic heterocycles. The average molecular weight is 300 g/mol. The van der Waals surface area contributed by atoms with E-state index in [0.717, 1.165) is 16.2 Å².